The van der Waals surface area contributed by atoms with E-state index in [-0.39, 0.29) is 12.8 Å². The number of hydrogen-bond donors (Lipinski definition) is 2. The highest BCUT2D eigenvalue weighted by atomic mass is 16.4. The fourth-order valence-corrected chi connectivity index (χ4v) is 1.83. The SMILES string of the molecule is CCC1CCN(C(=O)NC(=O)CCC(=O)O)C1. The van der Waals surface area contributed by atoms with Gasteiger partial charge in [0, 0.05) is 19.5 Å². The number of amides is 3. The Balaban J connectivity index is 2.29. The van der Waals surface area contributed by atoms with Gasteiger partial charge in [-0.2, -0.15) is 0 Å². The van der Waals surface area contributed by atoms with Crippen LogP contribution in [0, 0.1) is 5.92 Å². The minimum absolute atomic E-state index is 0.161. The monoisotopic (exact) mass is 242 g/mol. The van der Waals surface area contributed by atoms with Gasteiger partial charge in [-0.15, -0.1) is 0 Å². The van der Waals surface area contributed by atoms with Crippen molar-refractivity contribution >= 4 is 17.9 Å². The highest BCUT2D eigenvalue weighted by molar-refractivity contribution is 5.95. The van der Waals surface area contributed by atoms with Gasteiger partial charge >= 0.3 is 12.0 Å². The van der Waals surface area contributed by atoms with Crippen LogP contribution in [-0.2, 0) is 9.59 Å². The molecule has 17 heavy (non-hydrogen) atoms. The summed E-state index contributed by atoms with van der Waals surface area (Å²) in [5, 5.41) is 10.6. The molecule has 1 heterocycles. The van der Waals surface area contributed by atoms with Gasteiger partial charge in [0.2, 0.25) is 5.91 Å². The van der Waals surface area contributed by atoms with Crippen LogP contribution in [0.25, 0.3) is 0 Å². The molecule has 1 rings (SSSR count). The average molecular weight is 242 g/mol. The first-order chi connectivity index (χ1) is 8.02. The predicted molar refractivity (Wildman–Crippen MR) is 60.4 cm³/mol. The number of nitrogens with zero attached hydrogens (tertiary/aromatic N) is 1. The van der Waals surface area contributed by atoms with E-state index < -0.39 is 17.9 Å². The van der Waals surface area contributed by atoms with Crippen molar-refractivity contribution in [3.63, 3.8) is 0 Å². The highest BCUT2D eigenvalue weighted by Gasteiger charge is 2.25. The third-order valence-electron chi connectivity index (χ3n) is 2.96. The van der Waals surface area contributed by atoms with Crippen molar-refractivity contribution < 1.29 is 19.5 Å². The lowest BCUT2D eigenvalue weighted by atomic mass is 10.1. The zero-order chi connectivity index (χ0) is 12.8. The van der Waals surface area contributed by atoms with E-state index >= 15 is 0 Å². The van der Waals surface area contributed by atoms with E-state index in [1.54, 1.807) is 4.90 Å². The molecule has 1 atom stereocenters. The molecule has 6 nitrogen and oxygen atoms in total. The number of hydrogen-bond acceptors (Lipinski definition) is 3. The molecule has 0 radical (unpaired) electrons. The van der Waals surface area contributed by atoms with E-state index in [4.69, 9.17) is 5.11 Å². The van der Waals surface area contributed by atoms with Gasteiger partial charge in [0.05, 0.1) is 6.42 Å². The van der Waals surface area contributed by atoms with Crippen molar-refractivity contribution in [2.75, 3.05) is 13.1 Å². The summed E-state index contributed by atoms with van der Waals surface area (Å²) in [4.78, 5) is 34.7. The second kappa shape index (κ2) is 6.22. The van der Waals surface area contributed by atoms with Crippen LogP contribution in [0.3, 0.4) is 0 Å². The minimum atomic E-state index is -1.04. The molecule has 1 unspecified atom stereocenters. The van der Waals surface area contributed by atoms with Crippen LogP contribution in [0.4, 0.5) is 4.79 Å². The second-order valence-corrected chi connectivity index (χ2v) is 4.26. The molecule has 0 aromatic heterocycles. The Morgan fingerprint density at radius 1 is 1.35 bits per heavy atom. The quantitative estimate of drug-likeness (QED) is 0.764. The standard InChI is InChI=1S/C11H18N2O4/c1-2-8-5-6-13(7-8)11(17)12-9(14)3-4-10(15)16/h8H,2-7H2,1H3,(H,15,16)(H,12,14,17). The molecule has 3 amide bonds. The van der Waals surface area contributed by atoms with Gasteiger partial charge in [0.15, 0.2) is 0 Å². The molecule has 1 saturated heterocycles. The van der Waals surface area contributed by atoms with Crippen LogP contribution in [0.15, 0.2) is 0 Å². The molecule has 0 saturated carbocycles. The molecule has 6 heteroatoms. The molecule has 0 aromatic carbocycles. The zero-order valence-corrected chi connectivity index (χ0v) is 9.94. The number of carboxylic acid groups (broad SMARTS) is 1. The number of carboxylic acids is 1. The van der Waals surface area contributed by atoms with Gasteiger partial charge in [-0.05, 0) is 12.3 Å². The van der Waals surface area contributed by atoms with E-state index in [1.165, 1.54) is 0 Å². The van der Waals surface area contributed by atoms with Crippen LogP contribution in [0.1, 0.15) is 32.6 Å². The summed E-state index contributed by atoms with van der Waals surface area (Å²) in [6, 6.07) is -0.406. The van der Waals surface area contributed by atoms with Gasteiger partial charge in [-0.1, -0.05) is 13.3 Å². The molecule has 96 valence electrons. The number of carbonyl (C=O) groups is 3. The van der Waals surface area contributed by atoms with E-state index in [0.717, 1.165) is 12.8 Å². The fourth-order valence-electron chi connectivity index (χ4n) is 1.83. The van der Waals surface area contributed by atoms with Crippen molar-refractivity contribution in [1.29, 1.82) is 0 Å². The van der Waals surface area contributed by atoms with Crippen LogP contribution in [-0.4, -0.2) is 41.0 Å². The van der Waals surface area contributed by atoms with Gasteiger partial charge in [0.25, 0.3) is 0 Å². The summed E-state index contributed by atoms with van der Waals surface area (Å²) in [6.07, 6.45) is 1.58. The molecule has 0 spiro atoms. The number of carbonyl (C=O) groups excluding carboxylic acids is 2. The van der Waals surface area contributed by atoms with Crippen molar-refractivity contribution in [3.05, 3.63) is 0 Å². The van der Waals surface area contributed by atoms with Crippen LogP contribution >= 0.6 is 0 Å². The van der Waals surface area contributed by atoms with Crippen LogP contribution in [0.5, 0.6) is 0 Å². The van der Waals surface area contributed by atoms with E-state index in [1.807, 2.05) is 0 Å². The molecular formula is C11H18N2O4. The first kappa shape index (κ1) is 13.5. The van der Waals surface area contributed by atoms with Crippen LogP contribution < -0.4 is 5.32 Å². The zero-order valence-electron chi connectivity index (χ0n) is 9.94. The minimum Gasteiger partial charge on any atom is -0.481 e. The van der Waals surface area contributed by atoms with Gasteiger partial charge in [-0.25, -0.2) is 4.79 Å². The largest absolute Gasteiger partial charge is 0.481 e. The average Bonchev–Trinajstić information content (AvgIpc) is 2.74. The van der Waals surface area contributed by atoms with Crippen molar-refractivity contribution in [1.82, 2.24) is 10.2 Å². The summed E-state index contributed by atoms with van der Waals surface area (Å²) >= 11 is 0. The van der Waals surface area contributed by atoms with Gasteiger partial charge < -0.3 is 10.0 Å². The molecule has 0 bridgehead atoms. The number of nitrogens with one attached hydrogen (secondary N) is 1. The second-order valence-electron chi connectivity index (χ2n) is 4.26. The lowest BCUT2D eigenvalue weighted by Gasteiger charge is -2.16. The van der Waals surface area contributed by atoms with E-state index in [9.17, 15) is 14.4 Å². The van der Waals surface area contributed by atoms with Gasteiger partial charge in [0.1, 0.15) is 0 Å². The molecule has 2 N–H and O–H groups in total. The lowest BCUT2D eigenvalue weighted by molar-refractivity contribution is -0.138. The topological polar surface area (TPSA) is 86.7 Å². The molecular weight excluding hydrogens is 224 g/mol. The number of rotatable bonds is 4. The summed E-state index contributed by atoms with van der Waals surface area (Å²) in [6.45, 7) is 3.41. The predicted octanol–water partition coefficient (Wildman–Crippen LogP) is 0.819. The molecule has 1 aliphatic rings. The Bertz CT molecular complexity index is 317. The Morgan fingerprint density at radius 2 is 2.06 bits per heavy atom. The van der Waals surface area contributed by atoms with Crippen molar-refractivity contribution in [2.24, 2.45) is 5.92 Å². The van der Waals surface area contributed by atoms with E-state index in [0.29, 0.717) is 19.0 Å². The molecule has 1 fully saturated rings. The Hall–Kier alpha value is -1.59. The number of likely N-dealkylation sites (tertiary alicyclic amines) is 1. The summed E-state index contributed by atoms with van der Waals surface area (Å²) in [5.74, 6) is -1.06. The lowest BCUT2D eigenvalue weighted by Crippen LogP contribution is -2.41. The smallest absolute Gasteiger partial charge is 0.324 e. The Kier molecular flexibility index (Phi) is 4.93. The molecule has 0 aliphatic carbocycles. The third-order valence-corrected chi connectivity index (χ3v) is 2.96. The van der Waals surface area contributed by atoms with Crippen molar-refractivity contribution in [3.8, 4) is 0 Å². The number of urea groups is 1. The normalized spacial score (nSPS) is 19.1. The summed E-state index contributed by atoms with van der Waals surface area (Å²) < 4.78 is 0. The summed E-state index contributed by atoms with van der Waals surface area (Å²) in [7, 11) is 0. The maximum Gasteiger partial charge on any atom is 0.324 e. The molecule has 0 aromatic rings. The highest BCUT2D eigenvalue weighted by Crippen LogP contribution is 2.18. The first-order valence-corrected chi connectivity index (χ1v) is 5.83. The van der Waals surface area contributed by atoms with Gasteiger partial charge in [-0.3, -0.25) is 14.9 Å². The third kappa shape index (κ3) is 4.42. The number of aliphatic carboxylic acids is 1. The van der Waals surface area contributed by atoms with E-state index in [2.05, 4.69) is 12.2 Å². The first-order valence-electron chi connectivity index (χ1n) is 5.83. The Labute approximate surface area is 100.0 Å². The molecule has 1 aliphatic heterocycles. The maximum absolute atomic E-state index is 11.6. The maximum atomic E-state index is 11.6. The fraction of sp³-hybridized carbons (Fsp3) is 0.727. The van der Waals surface area contributed by atoms with Crippen LogP contribution in [0.2, 0.25) is 0 Å². The number of imide groups is 1. The summed E-state index contributed by atoms with van der Waals surface area (Å²) in [5.41, 5.74) is 0. The van der Waals surface area contributed by atoms with Crippen molar-refractivity contribution in [2.45, 2.75) is 32.6 Å². The Morgan fingerprint density at radius 3 is 2.59 bits per heavy atom.